The van der Waals surface area contributed by atoms with Crippen LogP contribution >= 0.6 is 0 Å². The van der Waals surface area contributed by atoms with E-state index in [0.717, 1.165) is 83.8 Å². The topological polar surface area (TPSA) is 76.1 Å². The molecule has 0 fully saturated rings. The zero-order valence-corrected chi connectivity index (χ0v) is 25.3. The molecule has 0 aliphatic carbocycles. The van der Waals surface area contributed by atoms with Crippen molar-refractivity contribution in [2.45, 2.75) is 155 Å². The molecule has 0 aromatic heterocycles. The third-order valence-electron chi connectivity index (χ3n) is 7.11. The second-order valence-corrected chi connectivity index (χ2v) is 10.9. The molecule has 226 valence electrons. The lowest BCUT2D eigenvalue weighted by Gasteiger charge is -2.22. The number of aliphatic hydroxyl groups is 1. The minimum atomic E-state index is -0.0900. The van der Waals surface area contributed by atoms with Crippen molar-refractivity contribution in [2.24, 2.45) is 0 Å². The molecule has 6 nitrogen and oxygen atoms in total. The maximum atomic E-state index is 12.1. The van der Waals surface area contributed by atoms with Crippen molar-refractivity contribution in [3.8, 4) is 0 Å². The number of unbranched alkanes of at least 4 members (excludes halogenated alkanes) is 15. The van der Waals surface area contributed by atoms with Gasteiger partial charge in [-0.3, -0.25) is 9.59 Å². The highest BCUT2D eigenvalue weighted by Crippen LogP contribution is 2.10. The van der Waals surface area contributed by atoms with E-state index in [4.69, 9.17) is 14.6 Å². The number of nitrogens with zero attached hydrogens (tertiary/aromatic N) is 1. The quantitative estimate of drug-likeness (QED) is 0.0733. The summed E-state index contributed by atoms with van der Waals surface area (Å²) >= 11 is 0. The molecule has 0 radical (unpaired) electrons. The average molecular weight is 542 g/mol. The maximum Gasteiger partial charge on any atom is 0.305 e. The van der Waals surface area contributed by atoms with Gasteiger partial charge in [0.1, 0.15) is 0 Å². The van der Waals surface area contributed by atoms with Crippen molar-refractivity contribution in [3.05, 3.63) is 0 Å². The molecule has 0 bridgehead atoms. The molecule has 0 amide bonds. The van der Waals surface area contributed by atoms with Crippen LogP contribution in [0.4, 0.5) is 0 Å². The molecule has 38 heavy (non-hydrogen) atoms. The zero-order chi connectivity index (χ0) is 27.9. The Kier molecular flexibility index (Phi) is 29.5. The summed E-state index contributed by atoms with van der Waals surface area (Å²) in [5, 5.41) is 8.98. The molecule has 0 aliphatic rings. The number of hydrogen-bond acceptors (Lipinski definition) is 6. The highest BCUT2D eigenvalue weighted by molar-refractivity contribution is 5.69. The van der Waals surface area contributed by atoms with E-state index in [1.807, 2.05) is 0 Å². The van der Waals surface area contributed by atoms with E-state index in [0.29, 0.717) is 26.1 Å². The van der Waals surface area contributed by atoms with Crippen LogP contribution in [0.15, 0.2) is 0 Å². The van der Waals surface area contributed by atoms with Crippen LogP contribution in [0.1, 0.15) is 155 Å². The summed E-state index contributed by atoms with van der Waals surface area (Å²) in [6, 6.07) is 0. The number of esters is 2. The normalized spacial score (nSPS) is 11.3. The standard InChI is InChI=1S/C32H63NO5/c1-3-5-7-9-11-15-19-29-37-31(35)23-21-26-33(25-17-13-14-18-28-34)27-22-24-32(36)38-30-20-16-12-10-8-6-4-2/h34H,3-30H2,1-2H3. The van der Waals surface area contributed by atoms with Crippen molar-refractivity contribution in [1.82, 2.24) is 4.90 Å². The van der Waals surface area contributed by atoms with Gasteiger partial charge in [-0.25, -0.2) is 0 Å². The lowest BCUT2D eigenvalue weighted by Crippen LogP contribution is -2.28. The number of ether oxygens (including phenoxy) is 2. The van der Waals surface area contributed by atoms with Gasteiger partial charge in [-0.15, -0.1) is 0 Å². The summed E-state index contributed by atoms with van der Waals surface area (Å²) in [4.78, 5) is 26.6. The Labute approximate surface area is 235 Å². The summed E-state index contributed by atoms with van der Waals surface area (Å²) in [5.41, 5.74) is 0. The first kappa shape index (κ1) is 36.9. The molecule has 0 aliphatic heterocycles. The summed E-state index contributed by atoms with van der Waals surface area (Å²) < 4.78 is 10.9. The Morgan fingerprint density at radius 2 is 0.868 bits per heavy atom. The predicted octanol–water partition coefficient (Wildman–Crippen LogP) is 7.99. The zero-order valence-electron chi connectivity index (χ0n) is 25.3. The lowest BCUT2D eigenvalue weighted by molar-refractivity contribution is -0.144. The van der Waals surface area contributed by atoms with E-state index < -0.39 is 0 Å². The molecule has 0 heterocycles. The van der Waals surface area contributed by atoms with Crippen LogP contribution in [0.25, 0.3) is 0 Å². The average Bonchev–Trinajstić information content (AvgIpc) is 2.91. The highest BCUT2D eigenvalue weighted by atomic mass is 16.5. The number of rotatable bonds is 30. The van der Waals surface area contributed by atoms with Crippen LogP contribution < -0.4 is 0 Å². The third kappa shape index (κ3) is 27.9. The van der Waals surface area contributed by atoms with Gasteiger partial charge >= 0.3 is 11.9 Å². The molecule has 0 rings (SSSR count). The van der Waals surface area contributed by atoms with Crippen LogP contribution in [-0.4, -0.2) is 61.4 Å². The Morgan fingerprint density at radius 1 is 0.500 bits per heavy atom. The smallest absolute Gasteiger partial charge is 0.305 e. The van der Waals surface area contributed by atoms with Gasteiger partial charge in [0.15, 0.2) is 0 Å². The van der Waals surface area contributed by atoms with Gasteiger partial charge in [0, 0.05) is 19.4 Å². The van der Waals surface area contributed by atoms with E-state index >= 15 is 0 Å². The molecule has 0 saturated heterocycles. The molecule has 0 unspecified atom stereocenters. The summed E-state index contributed by atoms with van der Waals surface area (Å²) in [5.74, 6) is -0.180. The molecule has 0 atom stereocenters. The van der Waals surface area contributed by atoms with E-state index in [1.165, 1.54) is 64.2 Å². The van der Waals surface area contributed by atoms with Crippen LogP contribution in [0, 0.1) is 0 Å². The minimum absolute atomic E-state index is 0.0900. The summed E-state index contributed by atoms with van der Waals surface area (Å²) in [7, 11) is 0. The molecule has 0 saturated carbocycles. The van der Waals surface area contributed by atoms with Crippen molar-refractivity contribution in [3.63, 3.8) is 0 Å². The molecular weight excluding hydrogens is 478 g/mol. The first-order valence-electron chi connectivity index (χ1n) is 16.3. The van der Waals surface area contributed by atoms with Crippen LogP contribution in [0.5, 0.6) is 0 Å². The fraction of sp³-hybridized carbons (Fsp3) is 0.938. The fourth-order valence-corrected chi connectivity index (χ4v) is 4.66. The van der Waals surface area contributed by atoms with Crippen LogP contribution in [-0.2, 0) is 19.1 Å². The van der Waals surface area contributed by atoms with Gasteiger partial charge < -0.3 is 19.5 Å². The van der Waals surface area contributed by atoms with Crippen molar-refractivity contribution in [2.75, 3.05) is 39.5 Å². The number of hydrogen-bond donors (Lipinski definition) is 1. The monoisotopic (exact) mass is 541 g/mol. The minimum Gasteiger partial charge on any atom is -0.466 e. The molecule has 0 spiro atoms. The molecular formula is C32H63NO5. The Bertz CT molecular complexity index is 476. The van der Waals surface area contributed by atoms with E-state index in [2.05, 4.69) is 18.7 Å². The van der Waals surface area contributed by atoms with E-state index in [9.17, 15) is 9.59 Å². The number of carbonyl (C=O) groups is 2. The van der Waals surface area contributed by atoms with E-state index in [-0.39, 0.29) is 18.5 Å². The molecule has 0 aromatic carbocycles. The van der Waals surface area contributed by atoms with Gasteiger partial charge in [-0.2, -0.15) is 0 Å². The second-order valence-electron chi connectivity index (χ2n) is 10.9. The fourth-order valence-electron chi connectivity index (χ4n) is 4.66. The van der Waals surface area contributed by atoms with Crippen LogP contribution in [0.3, 0.4) is 0 Å². The Hall–Kier alpha value is -1.14. The van der Waals surface area contributed by atoms with Crippen molar-refractivity contribution >= 4 is 11.9 Å². The van der Waals surface area contributed by atoms with Crippen LogP contribution in [0.2, 0.25) is 0 Å². The molecule has 6 heteroatoms. The number of carbonyl (C=O) groups excluding carboxylic acids is 2. The first-order valence-corrected chi connectivity index (χ1v) is 16.3. The predicted molar refractivity (Wildman–Crippen MR) is 158 cm³/mol. The molecule has 0 aromatic rings. The van der Waals surface area contributed by atoms with E-state index in [1.54, 1.807) is 0 Å². The Morgan fingerprint density at radius 3 is 1.32 bits per heavy atom. The largest absolute Gasteiger partial charge is 0.466 e. The number of aliphatic hydroxyl groups excluding tert-OH is 1. The third-order valence-corrected chi connectivity index (χ3v) is 7.11. The Balaban J connectivity index is 4.01. The maximum absolute atomic E-state index is 12.1. The van der Waals surface area contributed by atoms with Gasteiger partial charge in [-0.1, -0.05) is 104 Å². The molecule has 1 N–H and O–H groups in total. The highest BCUT2D eigenvalue weighted by Gasteiger charge is 2.10. The second kappa shape index (κ2) is 30.4. The summed E-state index contributed by atoms with van der Waals surface area (Å²) in [6.07, 6.45) is 23.6. The van der Waals surface area contributed by atoms with Crippen molar-refractivity contribution < 1.29 is 24.2 Å². The van der Waals surface area contributed by atoms with Gasteiger partial charge in [0.25, 0.3) is 0 Å². The SMILES string of the molecule is CCCCCCCCCOC(=O)CCCN(CCCCCCO)CCCC(=O)OCCCCCCCCC. The van der Waals surface area contributed by atoms with Crippen molar-refractivity contribution in [1.29, 1.82) is 0 Å². The van der Waals surface area contributed by atoms with Gasteiger partial charge in [0.2, 0.25) is 0 Å². The lowest BCUT2D eigenvalue weighted by atomic mass is 10.1. The van der Waals surface area contributed by atoms with Gasteiger partial charge in [-0.05, 0) is 58.2 Å². The summed E-state index contributed by atoms with van der Waals surface area (Å²) in [6.45, 7) is 8.46. The van der Waals surface area contributed by atoms with Gasteiger partial charge in [0.05, 0.1) is 13.2 Å². The first-order chi connectivity index (χ1) is 18.6.